The van der Waals surface area contributed by atoms with Crippen LogP contribution in [0, 0.1) is 10.1 Å². The van der Waals surface area contributed by atoms with Crippen molar-refractivity contribution in [3.05, 3.63) is 39.9 Å². The van der Waals surface area contributed by atoms with Crippen molar-refractivity contribution in [1.29, 1.82) is 0 Å². The lowest BCUT2D eigenvalue weighted by molar-refractivity contribution is -0.385. The van der Waals surface area contributed by atoms with E-state index in [0.29, 0.717) is 0 Å². The van der Waals surface area contributed by atoms with Gasteiger partial charge in [-0.1, -0.05) is 18.2 Å². The van der Waals surface area contributed by atoms with Gasteiger partial charge in [0.25, 0.3) is 11.6 Å². The predicted molar refractivity (Wildman–Crippen MR) is 71.1 cm³/mol. The van der Waals surface area contributed by atoms with Gasteiger partial charge in [0.15, 0.2) is 0 Å². The number of hydrogen-bond donors (Lipinski definition) is 2. The summed E-state index contributed by atoms with van der Waals surface area (Å²) in [7, 11) is 0. The number of amides is 1. The van der Waals surface area contributed by atoms with E-state index in [1.54, 1.807) is 0 Å². The molecular formula is C11H14ClF2N3O3. The Morgan fingerprint density at radius 2 is 2.00 bits per heavy atom. The Hall–Kier alpha value is -1.80. The lowest BCUT2D eigenvalue weighted by Gasteiger charge is -2.14. The summed E-state index contributed by atoms with van der Waals surface area (Å²) in [4.78, 5) is 21.5. The van der Waals surface area contributed by atoms with E-state index in [-0.39, 0.29) is 30.1 Å². The number of rotatable bonds is 6. The third-order valence-corrected chi connectivity index (χ3v) is 2.38. The number of halogens is 3. The number of nitro groups is 1. The van der Waals surface area contributed by atoms with Crippen LogP contribution < -0.4 is 11.1 Å². The molecule has 0 atom stereocenters. The van der Waals surface area contributed by atoms with E-state index in [9.17, 15) is 23.7 Å². The van der Waals surface area contributed by atoms with E-state index >= 15 is 0 Å². The number of nitrogens with two attached hydrogens (primary N) is 1. The van der Waals surface area contributed by atoms with Crippen molar-refractivity contribution in [2.45, 2.75) is 12.3 Å². The summed E-state index contributed by atoms with van der Waals surface area (Å²) >= 11 is 0. The number of nitrogens with zero attached hydrogens (tertiary/aromatic N) is 1. The molecule has 0 aliphatic rings. The Bertz CT molecular complexity index is 486. The fourth-order valence-electron chi connectivity index (χ4n) is 1.37. The lowest BCUT2D eigenvalue weighted by atomic mass is 10.1. The van der Waals surface area contributed by atoms with Crippen LogP contribution in [0.4, 0.5) is 14.5 Å². The van der Waals surface area contributed by atoms with Gasteiger partial charge in [-0.15, -0.1) is 12.4 Å². The van der Waals surface area contributed by atoms with Gasteiger partial charge in [0, 0.05) is 11.6 Å². The van der Waals surface area contributed by atoms with E-state index < -0.39 is 29.8 Å². The maximum atomic E-state index is 12.8. The van der Waals surface area contributed by atoms with Gasteiger partial charge in [0.2, 0.25) is 5.91 Å². The van der Waals surface area contributed by atoms with Gasteiger partial charge in [-0.05, 0) is 0 Å². The van der Waals surface area contributed by atoms with Crippen LogP contribution in [0.2, 0.25) is 0 Å². The van der Waals surface area contributed by atoms with Crippen molar-refractivity contribution in [3.8, 4) is 0 Å². The van der Waals surface area contributed by atoms with E-state index in [1.807, 2.05) is 5.32 Å². The molecule has 0 spiro atoms. The van der Waals surface area contributed by atoms with Gasteiger partial charge < -0.3 is 11.1 Å². The van der Waals surface area contributed by atoms with Crippen LogP contribution in [-0.4, -0.2) is 29.8 Å². The molecular weight excluding hydrogens is 296 g/mol. The highest BCUT2D eigenvalue weighted by Crippen LogP contribution is 2.18. The number of benzene rings is 1. The van der Waals surface area contributed by atoms with Crippen molar-refractivity contribution in [1.82, 2.24) is 5.32 Å². The van der Waals surface area contributed by atoms with Gasteiger partial charge >= 0.3 is 0 Å². The second kappa shape index (κ2) is 7.71. The molecule has 3 N–H and O–H groups in total. The molecule has 0 unspecified atom stereocenters. The molecule has 9 heteroatoms. The van der Waals surface area contributed by atoms with E-state index in [0.717, 1.165) is 0 Å². The number of hydrogen-bond acceptors (Lipinski definition) is 4. The van der Waals surface area contributed by atoms with Crippen molar-refractivity contribution in [2.75, 3.05) is 13.1 Å². The zero-order chi connectivity index (χ0) is 14.5. The Balaban J connectivity index is 0.00000361. The Labute approximate surface area is 119 Å². The van der Waals surface area contributed by atoms with Crippen LogP contribution in [-0.2, 0) is 11.2 Å². The van der Waals surface area contributed by atoms with Crippen molar-refractivity contribution in [3.63, 3.8) is 0 Å². The summed E-state index contributed by atoms with van der Waals surface area (Å²) in [6.07, 6.45) is -0.336. The number of para-hydroxylation sites is 1. The van der Waals surface area contributed by atoms with Crippen LogP contribution in [0.3, 0.4) is 0 Å². The smallest absolute Gasteiger partial charge is 0.277 e. The normalized spacial score (nSPS) is 10.6. The molecule has 112 valence electrons. The van der Waals surface area contributed by atoms with E-state index in [4.69, 9.17) is 5.73 Å². The third-order valence-electron chi connectivity index (χ3n) is 2.38. The molecule has 0 heterocycles. The van der Waals surface area contributed by atoms with Crippen LogP contribution in [0.5, 0.6) is 0 Å². The highest BCUT2D eigenvalue weighted by atomic mass is 35.5. The Morgan fingerprint density at radius 1 is 1.40 bits per heavy atom. The maximum Gasteiger partial charge on any atom is 0.277 e. The molecule has 0 aliphatic heterocycles. The maximum absolute atomic E-state index is 12.8. The second-order valence-corrected chi connectivity index (χ2v) is 3.90. The molecule has 6 nitrogen and oxygen atoms in total. The summed E-state index contributed by atoms with van der Waals surface area (Å²) in [6.45, 7) is -1.76. The molecule has 0 aromatic heterocycles. The minimum Gasteiger partial charge on any atom is -0.350 e. The van der Waals surface area contributed by atoms with Crippen LogP contribution in [0.25, 0.3) is 0 Å². The second-order valence-electron chi connectivity index (χ2n) is 3.90. The SMILES string of the molecule is Cl.NCC(F)(F)CNC(=O)Cc1ccccc1[N+](=O)[O-]. The minimum atomic E-state index is -3.18. The molecule has 1 aromatic rings. The van der Waals surface area contributed by atoms with Gasteiger partial charge in [0.1, 0.15) is 0 Å². The fourth-order valence-corrected chi connectivity index (χ4v) is 1.37. The first-order chi connectivity index (χ1) is 8.85. The molecule has 0 radical (unpaired) electrons. The largest absolute Gasteiger partial charge is 0.350 e. The monoisotopic (exact) mass is 309 g/mol. The Morgan fingerprint density at radius 3 is 2.55 bits per heavy atom. The average molecular weight is 310 g/mol. The van der Waals surface area contributed by atoms with E-state index in [2.05, 4.69) is 0 Å². The Kier molecular flexibility index (Phi) is 7.01. The quantitative estimate of drug-likeness (QED) is 0.610. The molecule has 20 heavy (non-hydrogen) atoms. The summed E-state index contributed by atoms with van der Waals surface area (Å²) < 4.78 is 25.6. The first-order valence-electron chi connectivity index (χ1n) is 5.42. The zero-order valence-corrected chi connectivity index (χ0v) is 11.2. The number of carbonyl (C=O) groups is 1. The lowest BCUT2D eigenvalue weighted by Crippen LogP contribution is -2.42. The molecule has 0 aliphatic carbocycles. The molecule has 0 saturated carbocycles. The summed E-state index contributed by atoms with van der Waals surface area (Å²) in [5.74, 6) is -3.90. The minimum absolute atomic E-state index is 0. The van der Waals surface area contributed by atoms with Gasteiger partial charge in [0.05, 0.1) is 24.4 Å². The number of nitrogens with one attached hydrogen (secondary N) is 1. The molecule has 0 bridgehead atoms. The van der Waals surface area contributed by atoms with Crippen LogP contribution in [0.15, 0.2) is 24.3 Å². The topological polar surface area (TPSA) is 98.3 Å². The van der Waals surface area contributed by atoms with Gasteiger partial charge in [-0.25, -0.2) is 8.78 Å². The molecule has 0 saturated heterocycles. The van der Waals surface area contributed by atoms with E-state index in [1.165, 1.54) is 24.3 Å². The highest BCUT2D eigenvalue weighted by Gasteiger charge is 2.27. The molecule has 1 rings (SSSR count). The summed E-state index contributed by atoms with van der Waals surface area (Å²) in [6, 6.07) is 5.64. The number of carbonyl (C=O) groups excluding carboxylic acids is 1. The van der Waals surface area contributed by atoms with Crippen molar-refractivity contribution in [2.24, 2.45) is 5.73 Å². The first-order valence-corrected chi connectivity index (χ1v) is 5.42. The third kappa shape index (κ3) is 5.45. The zero-order valence-electron chi connectivity index (χ0n) is 10.3. The molecule has 0 fully saturated rings. The van der Waals surface area contributed by atoms with Crippen LogP contribution in [0.1, 0.15) is 5.56 Å². The number of nitro benzene ring substituents is 1. The van der Waals surface area contributed by atoms with Crippen molar-refractivity contribution >= 4 is 24.0 Å². The average Bonchev–Trinajstić information content (AvgIpc) is 2.37. The summed E-state index contributed by atoms with van der Waals surface area (Å²) in [5.41, 5.74) is 4.77. The molecule has 1 amide bonds. The number of alkyl halides is 2. The first kappa shape index (κ1) is 18.2. The van der Waals surface area contributed by atoms with Crippen LogP contribution >= 0.6 is 12.4 Å². The highest BCUT2D eigenvalue weighted by molar-refractivity contribution is 5.85. The fraction of sp³-hybridized carbons (Fsp3) is 0.364. The molecule has 1 aromatic carbocycles. The van der Waals surface area contributed by atoms with Crippen molar-refractivity contribution < 1.29 is 18.5 Å². The summed E-state index contributed by atoms with van der Waals surface area (Å²) in [5, 5.41) is 12.7. The van der Waals surface area contributed by atoms with Gasteiger partial charge in [-0.3, -0.25) is 14.9 Å². The predicted octanol–water partition coefficient (Wildman–Crippen LogP) is 1.27. The van der Waals surface area contributed by atoms with Gasteiger partial charge in [-0.2, -0.15) is 0 Å². The standard InChI is InChI=1S/C11H13F2N3O3.ClH/c12-11(13,6-14)7-15-10(17)5-8-3-1-2-4-9(8)16(18)19;/h1-4H,5-7,14H2,(H,15,17);1H.